The van der Waals surface area contributed by atoms with Crippen LogP contribution in [0.25, 0.3) is 0 Å². The molecule has 0 aliphatic carbocycles. The van der Waals surface area contributed by atoms with Gasteiger partial charge in [-0.25, -0.2) is 4.68 Å². The number of ketones is 1. The van der Waals surface area contributed by atoms with Crippen LogP contribution in [0.5, 0.6) is 0 Å². The number of nitrogens with one attached hydrogen (secondary N) is 1. The number of amidine groups is 1. The molecule has 1 rings (SSSR count). The molecule has 1 heterocycles. The maximum absolute atomic E-state index is 11.5. The van der Waals surface area contributed by atoms with Gasteiger partial charge >= 0.3 is 0 Å². The number of nitrogens with two attached hydrogens (primary N) is 1. The number of halogens is 2. The average molecular weight is 295 g/mol. The predicted molar refractivity (Wildman–Crippen MR) is 67.9 cm³/mol. The van der Waals surface area contributed by atoms with Crippen LogP contribution in [-0.2, 0) is 11.3 Å². The van der Waals surface area contributed by atoms with Crippen molar-refractivity contribution < 1.29 is 4.79 Å². The average Bonchev–Trinajstić information content (AvgIpc) is 2.27. The molecule has 17 heavy (non-hydrogen) atoms. The zero-order chi connectivity index (χ0) is 13.0. The zero-order valence-corrected chi connectivity index (χ0v) is 10.8. The fourth-order valence-electron chi connectivity index (χ4n) is 0.929. The summed E-state index contributed by atoms with van der Waals surface area (Å²) >= 11 is 12.1. The minimum atomic E-state index is -0.625. The first kappa shape index (κ1) is 14.0. The number of carbonyl (C=O) groups excluding carboxylic acids is 1. The van der Waals surface area contributed by atoms with Crippen molar-refractivity contribution in [3.05, 3.63) is 26.6 Å². The highest BCUT2D eigenvalue weighted by molar-refractivity contribution is 8.14. The van der Waals surface area contributed by atoms with Crippen LogP contribution in [0.2, 0.25) is 10.0 Å². The fraction of sp³-hybridized carbons (Fsp3) is 0.250. The monoisotopic (exact) mass is 294 g/mol. The fourth-order valence-corrected chi connectivity index (χ4v) is 1.61. The van der Waals surface area contributed by atoms with Crippen molar-refractivity contribution in [3.63, 3.8) is 0 Å². The molecule has 0 saturated heterocycles. The molecular weight excluding hydrogens is 287 g/mol. The maximum Gasteiger partial charge on any atom is 0.287 e. The Labute approximate surface area is 111 Å². The Kier molecular flexibility index (Phi) is 4.98. The van der Waals surface area contributed by atoms with E-state index in [0.717, 1.165) is 16.4 Å². The summed E-state index contributed by atoms with van der Waals surface area (Å²) in [5.74, 6) is -0.290. The molecule has 3 N–H and O–H groups in total. The highest BCUT2D eigenvalue weighted by Crippen LogP contribution is 2.14. The predicted octanol–water partition coefficient (Wildman–Crippen LogP) is 0.746. The second kappa shape index (κ2) is 6.04. The molecule has 0 bridgehead atoms. The van der Waals surface area contributed by atoms with Gasteiger partial charge in [0.15, 0.2) is 11.0 Å². The van der Waals surface area contributed by atoms with Crippen LogP contribution in [0.4, 0.5) is 0 Å². The molecule has 0 amide bonds. The quantitative estimate of drug-likeness (QED) is 0.630. The summed E-state index contributed by atoms with van der Waals surface area (Å²) in [6.45, 7) is -0.226. The molecule has 0 radical (unpaired) electrons. The summed E-state index contributed by atoms with van der Waals surface area (Å²) in [5.41, 5.74) is 4.45. The molecule has 9 heteroatoms. The molecule has 0 aromatic carbocycles. The van der Waals surface area contributed by atoms with Gasteiger partial charge in [0.05, 0.1) is 17.0 Å². The van der Waals surface area contributed by atoms with E-state index >= 15 is 0 Å². The number of rotatable bonds is 4. The van der Waals surface area contributed by atoms with E-state index in [0.29, 0.717) is 0 Å². The number of Topliss-reactive ketones (excluding diaryl/α,β-unsaturated/α-hetero) is 1. The van der Waals surface area contributed by atoms with Gasteiger partial charge in [-0.1, -0.05) is 35.0 Å². The van der Waals surface area contributed by atoms with E-state index in [1.54, 1.807) is 0 Å². The molecule has 0 atom stereocenters. The second-order valence-corrected chi connectivity index (χ2v) is 4.76. The number of nitrogens with zero attached hydrogens (tertiary/aromatic N) is 2. The first-order valence-corrected chi connectivity index (χ1v) is 6.05. The third-order valence-electron chi connectivity index (χ3n) is 1.66. The van der Waals surface area contributed by atoms with E-state index in [1.807, 2.05) is 0 Å². The summed E-state index contributed by atoms with van der Waals surface area (Å²) in [7, 11) is 0. The SMILES string of the molecule is N=C(N)SCC(=O)Cn1ncc(Cl)c(Cl)c1=O. The molecule has 6 nitrogen and oxygen atoms in total. The van der Waals surface area contributed by atoms with Gasteiger partial charge in [-0.05, 0) is 0 Å². The van der Waals surface area contributed by atoms with Crippen molar-refractivity contribution in [2.75, 3.05) is 5.75 Å². The summed E-state index contributed by atoms with van der Waals surface area (Å²) in [6, 6.07) is 0. The minimum Gasteiger partial charge on any atom is -0.379 e. The highest BCUT2D eigenvalue weighted by Gasteiger charge is 2.11. The van der Waals surface area contributed by atoms with Gasteiger partial charge in [0.2, 0.25) is 0 Å². The lowest BCUT2D eigenvalue weighted by molar-refractivity contribution is -0.117. The first-order chi connectivity index (χ1) is 7.91. The Morgan fingerprint density at radius 3 is 2.82 bits per heavy atom. The number of aromatic nitrogens is 2. The van der Waals surface area contributed by atoms with Crippen molar-refractivity contribution in [1.29, 1.82) is 5.41 Å². The van der Waals surface area contributed by atoms with Crippen molar-refractivity contribution >= 4 is 45.9 Å². The number of hydrogen-bond acceptors (Lipinski definition) is 5. The van der Waals surface area contributed by atoms with E-state index in [-0.39, 0.29) is 33.3 Å². The third kappa shape index (κ3) is 4.03. The molecule has 0 unspecified atom stereocenters. The van der Waals surface area contributed by atoms with Crippen LogP contribution in [0.3, 0.4) is 0 Å². The van der Waals surface area contributed by atoms with E-state index in [1.165, 1.54) is 6.20 Å². The third-order valence-corrected chi connectivity index (χ3v) is 3.18. The maximum atomic E-state index is 11.5. The lowest BCUT2D eigenvalue weighted by atomic mass is 10.4. The van der Waals surface area contributed by atoms with Gasteiger partial charge in [0.1, 0.15) is 11.6 Å². The van der Waals surface area contributed by atoms with Crippen molar-refractivity contribution in [2.24, 2.45) is 5.73 Å². The van der Waals surface area contributed by atoms with E-state index in [4.69, 9.17) is 34.3 Å². The smallest absolute Gasteiger partial charge is 0.287 e. The van der Waals surface area contributed by atoms with Crippen LogP contribution in [0.1, 0.15) is 0 Å². The summed E-state index contributed by atoms with van der Waals surface area (Å²) in [5, 5.41) is 10.3. The standard InChI is InChI=1S/C8H8Cl2N4O2S/c9-5-1-13-14(7(16)6(5)10)2-4(15)3-17-8(11)12/h1H,2-3H2,(H3,11,12). The normalized spacial score (nSPS) is 10.2. The lowest BCUT2D eigenvalue weighted by Gasteiger charge is -2.04. The Morgan fingerprint density at radius 1 is 1.59 bits per heavy atom. The Hall–Kier alpha value is -1.05. The second-order valence-electron chi connectivity index (χ2n) is 2.96. The van der Waals surface area contributed by atoms with Gasteiger partial charge in [0.25, 0.3) is 5.56 Å². The van der Waals surface area contributed by atoms with E-state index < -0.39 is 5.56 Å². The molecule has 0 aliphatic rings. The number of carbonyl (C=O) groups is 1. The molecule has 0 spiro atoms. The summed E-state index contributed by atoms with van der Waals surface area (Å²) in [6.07, 6.45) is 1.19. The minimum absolute atomic E-state index is 0.00367. The van der Waals surface area contributed by atoms with E-state index in [2.05, 4.69) is 5.10 Å². The number of thioether (sulfide) groups is 1. The zero-order valence-electron chi connectivity index (χ0n) is 8.44. The van der Waals surface area contributed by atoms with Gasteiger partial charge in [0, 0.05) is 0 Å². The molecule has 0 saturated carbocycles. The summed E-state index contributed by atoms with van der Waals surface area (Å²) in [4.78, 5) is 22.9. The van der Waals surface area contributed by atoms with Crippen molar-refractivity contribution in [2.45, 2.75) is 6.54 Å². The molecule has 92 valence electrons. The number of hydrogen-bond donors (Lipinski definition) is 2. The van der Waals surface area contributed by atoms with Crippen LogP contribution < -0.4 is 11.3 Å². The van der Waals surface area contributed by atoms with Crippen molar-refractivity contribution in [1.82, 2.24) is 9.78 Å². The molecule has 1 aromatic rings. The van der Waals surface area contributed by atoms with Crippen LogP contribution >= 0.6 is 35.0 Å². The lowest BCUT2D eigenvalue weighted by Crippen LogP contribution is -2.28. The summed E-state index contributed by atoms with van der Waals surface area (Å²) < 4.78 is 0.914. The highest BCUT2D eigenvalue weighted by atomic mass is 35.5. The van der Waals surface area contributed by atoms with Gasteiger partial charge in [-0.2, -0.15) is 5.10 Å². The van der Waals surface area contributed by atoms with Crippen LogP contribution in [-0.4, -0.2) is 26.5 Å². The first-order valence-electron chi connectivity index (χ1n) is 4.31. The van der Waals surface area contributed by atoms with Crippen molar-refractivity contribution in [3.8, 4) is 0 Å². The Bertz CT molecular complexity index is 517. The Morgan fingerprint density at radius 2 is 2.24 bits per heavy atom. The molecular formula is C8H8Cl2N4O2S. The van der Waals surface area contributed by atoms with Crippen LogP contribution in [0, 0.1) is 5.41 Å². The largest absolute Gasteiger partial charge is 0.379 e. The van der Waals surface area contributed by atoms with Gasteiger partial charge in [-0.3, -0.25) is 15.0 Å². The van der Waals surface area contributed by atoms with Gasteiger partial charge in [-0.15, -0.1) is 0 Å². The molecule has 0 aliphatic heterocycles. The van der Waals surface area contributed by atoms with Gasteiger partial charge < -0.3 is 5.73 Å². The van der Waals surface area contributed by atoms with Crippen LogP contribution in [0.15, 0.2) is 11.0 Å². The topological polar surface area (TPSA) is 102 Å². The molecule has 0 fully saturated rings. The van der Waals surface area contributed by atoms with E-state index in [9.17, 15) is 9.59 Å². The molecule has 1 aromatic heterocycles. The Balaban J connectivity index is 2.76.